The second kappa shape index (κ2) is 3.06. The van der Waals surface area contributed by atoms with Crippen molar-refractivity contribution < 1.29 is 4.40 Å². The summed E-state index contributed by atoms with van der Waals surface area (Å²) in [6.45, 7) is 2.13. The molecular formula is C14H12N+. The standard InChI is InChI=1S/C14H12N/c1-11-5-6-12-10-15-7-3-2-4-14(15)9-13(12)8-11/h2-10H,1H3/q+1. The summed E-state index contributed by atoms with van der Waals surface area (Å²) in [4.78, 5) is 0. The number of pyridine rings is 2. The number of hydrogen-bond acceptors (Lipinski definition) is 0. The van der Waals surface area contributed by atoms with E-state index < -0.39 is 0 Å². The van der Waals surface area contributed by atoms with E-state index in [0.717, 1.165) is 0 Å². The first kappa shape index (κ1) is 8.42. The van der Waals surface area contributed by atoms with Crippen LogP contribution in [0.1, 0.15) is 5.56 Å². The van der Waals surface area contributed by atoms with Crippen molar-refractivity contribution >= 4 is 16.3 Å². The van der Waals surface area contributed by atoms with Crippen molar-refractivity contribution in [1.29, 1.82) is 0 Å². The van der Waals surface area contributed by atoms with Crippen LogP contribution < -0.4 is 4.40 Å². The lowest BCUT2D eigenvalue weighted by Crippen LogP contribution is -2.19. The average Bonchev–Trinajstić information content (AvgIpc) is 2.26. The fraction of sp³-hybridized carbons (Fsp3) is 0.0714. The zero-order valence-electron chi connectivity index (χ0n) is 8.64. The predicted octanol–water partition coefficient (Wildman–Crippen LogP) is 2.89. The van der Waals surface area contributed by atoms with Gasteiger partial charge in [-0.25, -0.2) is 0 Å². The molecule has 0 N–H and O–H groups in total. The Morgan fingerprint density at radius 2 is 1.87 bits per heavy atom. The quantitative estimate of drug-likeness (QED) is 0.383. The number of fused-ring (bicyclic) bond motifs is 2. The molecular weight excluding hydrogens is 182 g/mol. The van der Waals surface area contributed by atoms with Crippen molar-refractivity contribution in [2.75, 3.05) is 0 Å². The highest BCUT2D eigenvalue weighted by Gasteiger charge is 2.03. The summed E-state index contributed by atoms with van der Waals surface area (Å²) in [6.07, 6.45) is 4.25. The molecule has 0 radical (unpaired) electrons. The first-order valence-corrected chi connectivity index (χ1v) is 5.13. The molecule has 0 bridgehead atoms. The summed E-state index contributed by atoms with van der Waals surface area (Å²) in [7, 11) is 0. The number of hydrogen-bond donors (Lipinski definition) is 0. The molecule has 0 aliphatic carbocycles. The van der Waals surface area contributed by atoms with Crippen LogP contribution in [-0.2, 0) is 0 Å². The van der Waals surface area contributed by atoms with Crippen LogP contribution in [0.2, 0.25) is 0 Å². The normalized spacial score (nSPS) is 11.0. The van der Waals surface area contributed by atoms with E-state index in [2.05, 4.69) is 60.1 Å². The Labute approximate surface area is 88.6 Å². The largest absolute Gasteiger partial charge is 0.211 e. The van der Waals surface area contributed by atoms with Gasteiger partial charge in [-0.1, -0.05) is 17.7 Å². The minimum atomic E-state index is 1.23. The molecule has 15 heavy (non-hydrogen) atoms. The van der Waals surface area contributed by atoms with Crippen molar-refractivity contribution in [3.63, 3.8) is 0 Å². The van der Waals surface area contributed by atoms with Gasteiger partial charge in [0.25, 0.3) is 0 Å². The summed E-state index contributed by atoms with van der Waals surface area (Å²) in [5, 5.41) is 2.59. The summed E-state index contributed by atoms with van der Waals surface area (Å²) in [6, 6.07) is 15.0. The van der Waals surface area contributed by atoms with Gasteiger partial charge >= 0.3 is 0 Å². The van der Waals surface area contributed by atoms with Crippen LogP contribution in [-0.4, -0.2) is 0 Å². The molecule has 0 aliphatic rings. The molecule has 1 aromatic carbocycles. The van der Waals surface area contributed by atoms with E-state index in [9.17, 15) is 0 Å². The zero-order valence-corrected chi connectivity index (χ0v) is 8.64. The van der Waals surface area contributed by atoms with E-state index in [1.54, 1.807) is 0 Å². The number of benzene rings is 1. The van der Waals surface area contributed by atoms with Gasteiger partial charge in [0, 0.05) is 23.6 Å². The lowest BCUT2D eigenvalue weighted by atomic mass is 10.1. The Bertz CT molecular complexity index is 641. The lowest BCUT2D eigenvalue weighted by Gasteiger charge is -1.98. The van der Waals surface area contributed by atoms with Gasteiger partial charge < -0.3 is 0 Å². The van der Waals surface area contributed by atoms with Crippen molar-refractivity contribution in [3.8, 4) is 0 Å². The second-order valence-electron chi connectivity index (χ2n) is 3.94. The van der Waals surface area contributed by atoms with Crippen LogP contribution in [0.4, 0.5) is 0 Å². The summed E-state index contributed by atoms with van der Waals surface area (Å²) >= 11 is 0. The second-order valence-corrected chi connectivity index (χ2v) is 3.94. The van der Waals surface area contributed by atoms with Crippen molar-refractivity contribution in [2.24, 2.45) is 0 Å². The molecule has 2 aromatic heterocycles. The minimum Gasteiger partial charge on any atom is -0.167 e. The van der Waals surface area contributed by atoms with Gasteiger partial charge in [0.15, 0.2) is 12.4 Å². The first-order valence-electron chi connectivity index (χ1n) is 5.13. The Morgan fingerprint density at radius 1 is 0.933 bits per heavy atom. The smallest absolute Gasteiger partial charge is 0.167 e. The molecule has 0 unspecified atom stereocenters. The van der Waals surface area contributed by atoms with Crippen LogP contribution in [0.5, 0.6) is 0 Å². The maximum Gasteiger partial charge on any atom is 0.211 e. The fourth-order valence-corrected chi connectivity index (χ4v) is 1.95. The van der Waals surface area contributed by atoms with Crippen LogP contribution in [0, 0.1) is 6.92 Å². The fourth-order valence-electron chi connectivity index (χ4n) is 1.95. The van der Waals surface area contributed by atoms with Gasteiger partial charge in [0.1, 0.15) is 0 Å². The Hall–Kier alpha value is -1.89. The van der Waals surface area contributed by atoms with E-state index in [1.807, 2.05) is 6.07 Å². The molecule has 1 heteroatoms. The van der Waals surface area contributed by atoms with Gasteiger partial charge in [-0.15, -0.1) is 0 Å². The Balaban J connectivity index is 2.47. The number of rotatable bonds is 0. The van der Waals surface area contributed by atoms with Gasteiger partial charge in [-0.2, -0.15) is 4.40 Å². The van der Waals surface area contributed by atoms with Gasteiger partial charge in [0.2, 0.25) is 5.52 Å². The molecule has 3 rings (SSSR count). The lowest BCUT2D eigenvalue weighted by molar-refractivity contribution is -0.510. The van der Waals surface area contributed by atoms with E-state index in [1.165, 1.54) is 21.9 Å². The third kappa shape index (κ3) is 1.37. The monoisotopic (exact) mass is 194 g/mol. The molecule has 0 fully saturated rings. The molecule has 0 aliphatic heterocycles. The minimum absolute atomic E-state index is 1.23. The molecule has 0 spiro atoms. The highest BCUT2D eigenvalue weighted by atomic mass is 14.8. The summed E-state index contributed by atoms with van der Waals surface area (Å²) < 4.78 is 2.15. The van der Waals surface area contributed by atoms with Crippen LogP contribution >= 0.6 is 0 Å². The highest BCUT2D eigenvalue weighted by molar-refractivity contribution is 5.84. The van der Waals surface area contributed by atoms with E-state index >= 15 is 0 Å². The average molecular weight is 194 g/mol. The predicted molar refractivity (Wildman–Crippen MR) is 61.8 cm³/mol. The maximum atomic E-state index is 2.22. The topological polar surface area (TPSA) is 4.10 Å². The van der Waals surface area contributed by atoms with E-state index in [4.69, 9.17) is 0 Å². The molecule has 2 heterocycles. The van der Waals surface area contributed by atoms with Crippen molar-refractivity contribution in [2.45, 2.75) is 6.92 Å². The van der Waals surface area contributed by atoms with Crippen LogP contribution in [0.15, 0.2) is 54.9 Å². The molecule has 3 aromatic rings. The molecule has 0 saturated heterocycles. The molecule has 72 valence electrons. The Kier molecular flexibility index (Phi) is 1.72. The number of nitrogens with zero attached hydrogens (tertiary/aromatic N) is 1. The van der Waals surface area contributed by atoms with Crippen molar-refractivity contribution in [3.05, 3.63) is 60.4 Å². The molecule has 0 atom stereocenters. The van der Waals surface area contributed by atoms with Crippen LogP contribution in [0.3, 0.4) is 0 Å². The highest BCUT2D eigenvalue weighted by Crippen LogP contribution is 2.15. The first-order chi connectivity index (χ1) is 7.33. The molecule has 0 amide bonds. The third-order valence-corrected chi connectivity index (χ3v) is 2.75. The Morgan fingerprint density at radius 3 is 2.80 bits per heavy atom. The van der Waals surface area contributed by atoms with E-state index in [0.29, 0.717) is 0 Å². The van der Waals surface area contributed by atoms with E-state index in [-0.39, 0.29) is 0 Å². The van der Waals surface area contributed by atoms with Gasteiger partial charge in [-0.05, 0) is 24.4 Å². The van der Waals surface area contributed by atoms with Gasteiger partial charge in [-0.3, -0.25) is 0 Å². The van der Waals surface area contributed by atoms with Crippen molar-refractivity contribution in [1.82, 2.24) is 0 Å². The zero-order chi connectivity index (χ0) is 10.3. The molecule has 1 nitrogen and oxygen atoms in total. The SMILES string of the molecule is Cc1ccc2c[n+]3ccccc3cc2c1. The van der Waals surface area contributed by atoms with Gasteiger partial charge in [0.05, 0.1) is 0 Å². The third-order valence-electron chi connectivity index (χ3n) is 2.75. The summed E-state index contributed by atoms with van der Waals surface area (Å²) in [5.74, 6) is 0. The maximum absolute atomic E-state index is 2.22. The summed E-state index contributed by atoms with van der Waals surface area (Å²) in [5.41, 5.74) is 2.54. The molecule has 0 saturated carbocycles. The number of aromatic nitrogens is 1. The van der Waals surface area contributed by atoms with Crippen LogP contribution in [0.25, 0.3) is 16.3 Å². The number of aryl methyl sites for hydroxylation is 1.